The number of carbonyl (C=O) groups excluding carboxylic acids is 1. The molecule has 3 nitrogen and oxygen atoms in total. The monoisotopic (exact) mass is 203 g/mol. The third-order valence-corrected chi connectivity index (χ3v) is 2.02. The lowest BCUT2D eigenvalue weighted by atomic mass is 10.2. The maximum atomic E-state index is 10.0. The number of anilines is 1. The van der Waals surface area contributed by atoms with E-state index in [4.69, 9.17) is 5.11 Å². The van der Waals surface area contributed by atoms with E-state index in [9.17, 15) is 4.79 Å². The summed E-state index contributed by atoms with van der Waals surface area (Å²) in [6, 6.07) is 7.51. The minimum Gasteiger partial charge on any atom is -0.395 e. The molecule has 0 amide bonds. The van der Waals surface area contributed by atoms with E-state index in [1.54, 1.807) is 0 Å². The summed E-state index contributed by atoms with van der Waals surface area (Å²) in [7, 11) is 1.91. The zero-order valence-corrected chi connectivity index (χ0v) is 8.60. The number of likely N-dealkylation sites (N-methyl/N-ethyl adjacent to an activating group) is 1. The Hall–Kier alpha value is -1.79. The molecule has 0 saturated heterocycles. The number of aliphatic hydroxyl groups excluding tert-OH is 1. The summed E-state index contributed by atoms with van der Waals surface area (Å²) in [5.74, 6) is 5.06. The molecule has 0 unspecified atom stereocenters. The number of aldehydes is 1. The third kappa shape index (κ3) is 3.45. The van der Waals surface area contributed by atoms with Gasteiger partial charge in [0.15, 0.2) is 6.29 Å². The molecule has 78 valence electrons. The summed E-state index contributed by atoms with van der Waals surface area (Å²) in [4.78, 5) is 12.0. The van der Waals surface area contributed by atoms with E-state index < -0.39 is 0 Å². The Labute approximate surface area is 89.3 Å². The zero-order valence-electron chi connectivity index (χ0n) is 8.60. The quantitative estimate of drug-likeness (QED) is 0.579. The van der Waals surface area contributed by atoms with Gasteiger partial charge in [-0.25, -0.2) is 0 Å². The summed E-state index contributed by atoms with van der Waals surface area (Å²) in [5.41, 5.74) is 1.82. The summed E-state index contributed by atoms with van der Waals surface area (Å²) in [6.45, 7) is 0.725. The highest BCUT2D eigenvalue weighted by Gasteiger charge is 1.98. The molecule has 1 aromatic rings. The molecule has 15 heavy (non-hydrogen) atoms. The predicted octanol–water partition coefficient (Wildman–Crippen LogP) is 0.665. The lowest BCUT2D eigenvalue weighted by Crippen LogP contribution is -2.20. The molecular formula is C12H13NO2. The summed E-state index contributed by atoms with van der Waals surface area (Å²) >= 11 is 0. The second-order valence-electron chi connectivity index (χ2n) is 3.08. The Kier molecular flexibility index (Phi) is 4.39. The van der Waals surface area contributed by atoms with Gasteiger partial charge in [-0.2, -0.15) is 0 Å². The van der Waals surface area contributed by atoms with Crippen LogP contribution in [0.5, 0.6) is 0 Å². The van der Waals surface area contributed by atoms with E-state index in [-0.39, 0.29) is 6.61 Å². The van der Waals surface area contributed by atoms with Crippen molar-refractivity contribution in [2.75, 3.05) is 25.1 Å². The standard InChI is InChI=1S/C12H13NO2/c1-13(8-10-15)12-6-4-11(5-7-12)3-2-9-14/h4-7,9,15H,8,10H2,1H3. The van der Waals surface area contributed by atoms with Crippen LogP contribution >= 0.6 is 0 Å². The van der Waals surface area contributed by atoms with Gasteiger partial charge in [0.2, 0.25) is 0 Å². The van der Waals surface area contributed by atoms with Gasteiger partial charge in [0.25, 0.3) is 0 Å². The van der Waals surface area contributed by atoms with Gasteiger partial charge < -0.3 is 10.0 Å². The Morgan fingerprint density at radius 1 is 1.40 bits per heavy atom. The van der Waals surface area contributed by atoms with Gasteiger partial charge in [0.1, 0.15) is 0 Å². The summed E-state index contributed by atoms with van der Waals surface area (Å²) in [6.07, 6.45) is 0.575. The van der Waals surface area contributed by atoms with E-state index in [1.165, 1.54) is 0 Å². The molecule has 0 aliphatic carbocycles. The van der Waals surface area contributed by atoms with Crippen molar-refractivity contribution in [3.63, 3.8) is 0 Å². The highest BCUT2D eigenvalue weighted by Crippen LogP contribution is 2.12. The maximum Gasteiger partial charge on any atom is 0.193 e. The smallest absolute Gasteiger partial charge is 0.193 e. The number of carbonyl (C=O) groups is 1. The van der Waals surface area contributed by atoms with E-state index in [0.29, 0.717) is 12.8 Å². The van der Waals surface area contributed by atoms with E-state index in [1.807, 2.05) is 36.2 Å². The van der Waals surface area contributed by atoms with Gasteiger partial charge >= 0.3 is 0 Å². The lowest BCUT2D eigenvalue weighted by molar-refractivity contribution is -0.103. The second kappa shape index (κ2) is 5.84. The average molecular weight is 203 g/mol. The molecule has 1 aromatic carbocycles. The van der Waals surface area contributed by atoms with Crippen LogP contribution < -0.4 is 4.90 Å². The first-order chi connectivity index (χ1) is 7.27. The van der Waals surface area contributed by atoms with Crippen molar-refractivity contribution in [3.05, 3.63) is 29.8 Å². The van der Waals surface area contributed by atoms with Crippen LogP contribution in [-0.4, -0.2) is 31.6 Å². The molecule has 1 rings (SSSR count). The molecule has 0 bridgehead atoms. The zero-order chi connectivity index (χ0) is 11.1. The van der Waals surface area contributed by atoms with Crippen molar-refractivity contribution >= 4 is 12.0 Å². The first-order valence-electron chi connectivity index (χ1n) is 4.65. The number of rotatable bonds is 3. The lowest BCUT2D eigenvalue weighted by Gasteiger charge is -2.17. The molecule has 0 radical (unpaired) electrons. The molecule has 0 aliphatic rings. The van der Waals surface area contributed by atoms with Crippen LogP contribution in [0.2, 0.25) is 0 Å². The van der Waals surface area contributed by atoms with Crippen LogP contribution in [0.3, 0.4) is 0 Å². The Morgan fingerprint density at radius 2 is 2.07 bits per heavy atom. The number of aliphatic hydroxyl groups is 1. The number of hydrogen-bond acceptors (Lipinski definition) is 3. The molecule has 0 atom stereocenters. The van der Waals surface area contributed by atoms with Crippen molar-refractivity contribution in [1.29, 1.82) is 0 Å². The molecule has 3 heteroatoms. The molecule has 0 saturated carbocycles. The van der Waals surface area contributed by atoms with Crippen LogP contribution in [0.1, 0.15) is 5.56 Å². The van der Waals surface area contributed by atoms with E-state index in [2.05, 4.69) is 11.8 Å². The SMILES string of the molecule is CN(CCO)c1ccc(C#CC=O)cc1. The molecule has 0 aliphatic heterocycles. The van der Waals surface area contributed by atoms with Crippen molar-refractivity contribution in [2.45, 2.75) is 0 Å². The fraction of sp³-hybridized carbons (Fsp3) is 0.250. The Balaban J connectivity index is 2.75. The molecule has 0 aromatic heterocycles. The summed E-state index contributed by atoms with van der Waals surface area (Å²) in [5, 5.41) is 8.77. The van der Waals surface area contributed by atoms with Gasteiger partial charge in [0.05, 0.1) is 6.61 Å². The van der Waals surface area contributed by atoms with Gasteiger partial charge in [-0.15, -0.1) is 0 Å². The third-order valence-electron chi connectivity index (χ3n) is 2.02. The predicted molar refractivity (Wildman–Crippen MR) is 59.7 cm³/mol. The Bertz CT molecular complexity index is 373. The summed E-state index contributed by atoms with van der Waals surface area (Å²) < 4.78 is 0. The van der Waals surface area contributed by atoms with Gasteiger partial charge in [-0.05, 0) is 30.2 Å². The van der Waals surface area contributed by atoms with Gasteiger partial charge in [0, 0.05) is 24.8 Å². The van der Waals surface area contributed by atoms with Gasteiger partial charge in [-0.3, -0.25) is 4.79 Å². The van der Waals surface area contributed by atoms with Crippen molar-refractivity contribution in [3.8, 4) is 11.8 Å². The topological polar surface area (TPSA) is 40.5 Å². The minimum absolute atomic E-state index is 0.128. The highest BCUT2D eigenvalue weighted by molar-refractivity contribution is 5.74. The first-order valence-corrected chi connectivity index (χ1v) is 4.65. The van der Waals surface area contributed by atoms with Crippen LogP contribution in [0, 0.1) is 11.8 Å². The van der Waals surface area contributed by atoms with Crippen LogP contribution in [0.15, 0.2) is 24.3 Å². The Morgan fingerprint density at radius 3 is 2.60 bits per heavy atom. The number of hydrogen-bond donors (Lipinski definition) is 1. The second-order valence-corrected chi connectivity index (χ2v) is 3.08. The molecule has 0 fully saturated rings. The van der Waals surface area contributed by atoms with Crippen molar-refractivity contribution < 1.29 is 9.90 Å². The molecule has 0 heterocycles. The largest absolute Gasteiger partial charge is 0.395 e. The van der Waals surface area contributed by atoms with Crippen LogP contribution in [0.4, 0.5) is 5.69 Å². The van der Waals surface area contributed by atoms with E-state index in [0.717, 1.165) is 11.3 Å². The molecule has 1 N–H and O–H groups in total. The van der Waals surface area contributed by atoms with Crippen molar-refractivity contribution in [2.24, 2.45) is 0 Å². The van der Waals surface area contributed by atoms with Crippen molar-refractivity contribution in [1.82, 2.24) is 0 Å². The van der Waals surface area contributed by atoms with Crippen LogP contribution in [0.25, 0.3) is 0 Å². The fourth-order valence-corrected chi connectivity index (χ4v) is 1.19. The number of nitrogens with zero attached hydrogens (tertiary/aromatic N) is 1. The fourth-order valence-electron chi connectivity index (χ4n) is 1.19. The average Bonchev–Trinajstić information content (AvgIpc) is 2.27. The first kappa shape index (κ1) is 11.3. The van der Waals surface area contributed by atoms with E-state index >= 15 is 0 Å². The minimum atomic E-state index is 0.128. The molecule has 0 spiro atoms. The molecular weight excluding hydrogens is 190 g/mol. The van der Waals surface area contributed by atoms with Crippen LogP contribution in [-0.2, 0) is 4.79 Å². The number of benzene rings is 1. The maximum absolute atomic E-state index is 10.0. The van der Waals surface area contributed by atoms with Gasteiger partial charge in [-0.1, -0.05) is 5.92 Å². The highest BCUT2D eigenvalue weighted by atomic mass is 16.3. The normalized spacial score (nSPS) is 8.93.